The molecule has 2 aromatic rings. The predicted molar refractivity (Wildman–Crippen MR) is 79.7 cm³/mol. The number of carbonyl (C=O) groups is 1. The topological polar surface area (TPSA) is 92.1 Å². The summed E-state index contributed by atoms with van der Waals surface area (Å²) in [6.45, 7) is 0.397. The molecule has 0 aliphatic heterocycles. The first-order valence-electron chi connectivity index (χ1n) is 7.16. The minimum absolute atomic E-state index is 0.0200. The third-order valence-electron chi connectivity index (χ3n) is 3.06. The Morgan fingerprint density at radius 1 is 1.25 bits per heavy atom. The maximum Gasteiger partial charge on any atom is 0.418 e. The second-order valence-electron chi connectivity index (χ2n) is 4.87. The van der Waals surface area contributed by atoms with Crippen LogP contribution in [0.5, 0.6) is 0 Å². The Balaban J connectivity index is 2.05. The monoisotopic (exact) mass is 343 g/mol. The van der Waals surface area contributed by atoms with Crippen LogP contribution in [0.4, 0.5) is 23.8 Å². The molecule has 2 rings (SSSR count). The number of halogens is 3. The van der Waals surface area contributed by atoms with Gasteiger partial charge in [-0.15, -0.1) is 5.10 Å². The Bertz CT molecular complexity index is 687. The molecule has 1 aromatic carbocycles. The first kappa shape index (κ1) is 17.7. The van der Waals surface area contributed by atoms with Crippen LogP contribution in [0.1, 0.15) is 18.4 Å². The summed E-state index contributed by atoms with van der Waals surface area (Å²) >= 11 is 0. The van der Waals surface area contributed by atoms with Crippen LogP contribution in [-0.4, -0.2) is 39.3 Å². The zero-order valence-corrected chi connectivity index (χ0v) is 12.5. The number of para-hydroxylation sites is 1. The maximum absolute atomic E-state index is 13.0. The zero-order valence-electron chi connectivity index (χ0n) is 12.5. The van der Waals surface area contributed by atoms with Crippen molar-refractivity contribution in [2.75, 3.05) is 18.5 Å². The van der Waals surface area contributed by atoms with E-state index in [0.717, 1.165) is 10.7 Å². The van der Waals surface area contributed by atoms with Crippen LogP contribution in [-0.2, 0) is 6.18 Å². The summed E-state index contributed by atoms with van der Waals surface area (Å²) in [6, 6.07) is 4.38. The third kappa shape index (κ3) is 4.69. The summed E-state index contributed by atoms with van der Waals surface area (Å²) in [6.07, 6.45) is -2.17. The highest BCUT2D eigenvalue weighted by Gasteiger charge is 2.34. The van der Waals surface area contributed by atoms with E-state index in [4.69, 9.17) is 5.11 Å². The molecule has 3 N–H and O–H groups in total. The molecule has 10 heteroatoms. The van der Waals surface area contributed by atoms with Gasteiger partial charge in [0, 0.05) is 13.2 Å². The molecule has 2 amide bonds. The number of unbranched alkanes of at least 4 members (excludes halogenated alkanes) is 1. The average Bonchev–Trinajstić information content (AvgIpc) is 2.99. The van der Waals surface area contributed by atoms with Gasteiger partial charge in [-0.05, 0) is 25.0 Å². The first-order chi connectivity index (χ1) is 11.4. The molecule has 0 atom stereocenters. The fourth-order valence-corrected chi connectivity index (χ4v) is 1.95. The Kier molecular flexibility index (Phi) is 5.74. The van der Waals surface area contributed by atoms with Gasteiger partial charge in [0.2, 0.25) is 0 Å². The molecule has 0 saturated carbocycles. The normalized spacial score (nSPS) is 11.3. The summed E-state index contributed by atoms with van der Waals surface area (Å²) in [5.41, 5.74) is -1.04. The Morgan fingerprint density at radius 2 is 2.00 bits per heavy atom. The number of amides is 2. The number of alkyl halides is 3. The molecule has 0 saturated heterocycles. The second kappa shape index (κ2) is 7.77. The van der Waals surface area contributed by atoms with Crippen molar-refractivity contribution < 1.29 is 23.1 Å². The Hall–Kier alpha value is -2.62. The zero-order chi connectivity index (χ0) is 17.6. The standard InChI is InChI=1S/C14H16F3N5O2/c15-14(16,17)10-5-1-2-6-11(10)22-9-12(20-21-22)19-13(24)18-7-3-4-8-23/h1-2,5-6,9,23H,3-4,7-8H2,(H2,18,19,24). The number of aromatic nitrogens is 3. The highest BCUT2D eigenvalue weighted by Crippen LogP contribution is 2.33. The lowest BCUT2D eigenvalue weighted by atomic mass is 10.2. The summed E-state index contributed by atoms with van der Waals surface area (Å²) in [5, 5.41) is 20.8. The molecular formula is C14H16F3N5O2. The van der Waals surface area contributed by atoms with Crippen LogP contribution in [0.2, 0.25) is 0 Å². The van der Waals surface area contributed by atoms with Crippen LogP contribution in [0.3, 0.4) is 0 Å². The summed E-state index contributed by atoms with van der Waals surface area (Å²) in [7, 11) is 0. The third-order valence-corrected chi connectivity index (χ3v) is 3.06. The number of nitrogens with one attached hydrogen (secondary N) is 2. The predicted octanol–water partition coefficient (Wildman–Crippen LogP) is 2.18. The van der Waals surface area contributed by atoms with Gasteiger partial charge in [0.05, 0.1) is 17.4 Å². The van der Waals surface area contributed by atoms with E-state index in [1.165, 1.54) is 24.4 Å². The molecular weight excluding hydrogens is 327 g/mol. The Labute approximate surface area is 135 Å². The maximum atomic E-state index is 13.0. The van der Waals surface area contributed by atoms with Crippen molar-refractivity contribution in [3.63, 3.8) is 0 Å². The lowest BCUT2D eigenvalue weighted by molar-refractivity contribution is -0.137. The van der Waals surface area contributed by atoms with Gasteiger partial charge >= 0.3 is 12.2 Å². The molecule has 0 fully saturated rings. The van der Waals surface area contributed by atoms with E-state index in [9.17, 15) is 18.0 Å². The first-order valence-corrected chi connectivity index (χ1v) is 7.16. The van der Waals surface area contributed by atoms with E-state index in [1.807, 2.05) is 0 Å². The van der Waals surface area contributed by atoms with Gasteiger partial charge in [-0.3, -0.25) is 5.32 Å². The molecule has 130 valence electrons. The number of anilines is 1. The van der Waals surface area contributed by atoms with Gasteiger partial charge in [-0.2, -0.15) is 13.2 Å². The van der Waals surface area contributed by atoms with Crippen molar-refractivity contribution in [2.45, 2.75) is 19.0 Å². The van der Waals surface area contributed by atoms with Gasteiger partial charge in [0.1, 0.15) is 0 Å². The molecule has 1 heterocycles. The molecule has 24 heavy (non-hydrogen) atoms. The van der Waals surface area contributed by atoms with E-state index in [2.05, 4.69) is 20.9 Å². The van der Waals surface area contributed by atoms with Crippen molar-refractivity contribution in [3.05, 3.63) is 36.0 Å². The quantitative estimate of drug-likeness (QED) is 0.701. The smallest absolute Gasteiger partial charge is 0.396 e. The molecule has 0 bridgehead atoms. The Morgan fingerprint density at radius 3 is 2.71 bits per heavy atom. The lowest BCUT2D eigenvalue weighted by Crippen LogP contribution is -2.29. The van der Waals surface area contributed by atoms with Crippen LogP contribution in [0, 0.1) is 0 Å². The van der Waals surface area contributed by atoms with E-state index in [1.54, 1.807) is 0 Å². The van der Waals surface area contributed by atoms with Crippen molar-refractivity contribution in [1.82, 2.24) is 20.3 Å². The molecule has 0 unspecified atom stereocenters. The summed E-state index contributed by atoms with van der Waals surface area (Å²) < 4.78 is 39.9. The van der Waals surface area contributed by atoms with E-state index in [-0.39, 0.29) is 18.1 Å². The summed E-state index contributed by atoms with van der Waals surface area (Å²) in [4.78, 5) is 11.6. The van der Waals surface area contributed by atoms with Crippen LogP contribution in [0.25, 0.3) is 5.69 Å². The molecule has 7 nitrogen and oxygen atoms in total. The highest BCUT2D eigenvalue weighted by atomic mass is 19.4. The van der Waals surface area contributed by atoms with E-state index >= 15 is 0 Å². The molecule has 0 spiro atoms. The van der Waals surface area contributed by atoms with Crippen LogP contribution in [0.15, 0.2) is 30.5 Å². The molecule has 0 aliphatic rings. The fourth-order valence-electron chi connectivity index (χ4n) is 1.95. The molecule has 0 aliphatic carbocycles. The van der Waals surface area contributed by atoms with Gasteiger partial charge in [-0.25, -0.2) is 9.48 Å². The number of rotatable bonds is 6. The van der Waals surface area contributed by atoms with Crippen molar-refractivity contribution in [2.24, 2.45) is 0 Å². The number of urea groups is 1. The van der Waals surface area contributed by atoms with Gasteiger partial charge in [-0.1, -0.05) is 17.3 Å². The van der Waals surface area contributed by atoms with Crippen LogP contribution < -0.4 is 10.6 Å². The van der Waals surface area contributed by atoms with Crippen molar-refractivity contribution in [1.29, 1.82) is 0 Å². The second-order valence-corrected chi connectivity index (χ2v) is 4.87. The number of hydrogen-bond acceptors (Lipinski definition) is 4. The van der Waals surface area contributed by atoms with Crippen molar-refractivity contribution >= 4 is 11.8 Å². The highest BCUT2D eigenvalue weighted by molar-refractivity contribution is 5.87. The number of aliphatic hydroxyl groups is 1. The number of aliphatic hydroxyl groups excluding tert-OH is 1. The fraction of sp³-hybridized carbons (Fsp3) is 0.357. The molecule has 0 radical (unpaired) electrons. The number of hydrogen-bond donors (Lipinski definition) is 3. The minimum Gasteiger partial charge on any atom is -0.396 e. The average molecular weight is 343 g/mol. The number of nitrogens with zero attached hydrogens (tertiary/aromatic N) is 3. The van der Waals surface area contributed by atoms with E-state index in [0.29, 0.717) is 19.4 Å². The van der Waals surface area contributed by atoms with E-state index < -0.39 is 17.8 Å². The number of benzene rings is 1. The summed E-state index contributed by atoms with van der Waals surface area (Å²) in [5.74, 6) is 0.0200. The largest absolute Gasteiger partial charge is 0.418 e. The van der Waals surface area contributed by atoms with Crippen LogP contribution >= 0.6 is 0 Å². The minimum atomic E-state index is -4.53. The van der Waals surface area contributed by atoms with Gasteiger partial charge < -0.3 is 10.4 Å². The van der Waals surface area contributed by atoms with Crippen molar-refractivity contribution in [3.8, 4) is 5.69 Å². The van der Waals surface area contributed by atoms with Gasteiger partial charge in [0.15, 0.2) is 5.82 Å². The lowest BCUT2D eigenvalue weighted by Gasteiger charge is -2.11. The molecule has 1 aromatic heterocycles. The van der Waals surface area contributed by atoms with Gasteiger partial charge in [0.25, 0.3) is 0 Å². The SMILES string of the molecule is O=C(NCCCCO)Nc1cn(-c2ccccc2C(F)(F)F)nn1. The number of carbonyl (C=O) groups excluding carboxylic acids is 1.